The summed E-state index contributed by atoms with van der Waals surface area (Å²) in [5.41, 5.74) is 2.28. The van der Waals surface area contributed by atoms with Crippen molar-refractivity contribution in [2.75, 3.05) is 6.54 Å². The number of benzene rings is 2. The molecule has 0 spiro atoms. The zero-order chi connectivity index (χ0) is 16.5. The van der Waals surface area contributed by atoms with Gasteiger partial charge in [-0.25, -0.2) is 0 Å². The van der Waals surface area contributed by atoms with E-state index in [1.165, 1.54) is 24.8 Å². The van der Waals surface area contributed by atoms with E-state index in [2.05, 4.69) is 34.2 Å². The third-order valence-electron chi connectivity index (χ3n) is 3.60. The van der Waals surface area contributed by atoms with Crippen LogP contribution >= 0.6 is 27.5 Å². The van der Waals surface area contributed by atoms with E-state index in [0.717, 1.165) is 33.9 Å². The third-order valence-corrected chi connectivity index (χ3v) is 4.35. The van der Waals surface area contributed by atoms with Gasteiger partial charge < -0.3 is 10.1 Å². The first-order valence-corrected chi connectivity index (χ1v) is 9.22. The van der Waals surface area contributed by atoms with Gasteiger partial charge in [-0.3, -0.25) is 0 Å². The van der Waals surface area contributed by atoms with Crippen LogP contribution in [0.5, 0.6) is 5.75 Å². The number of hydrogen-bond donors (Lipinski definition) is 1. The number of ether oxygens (including phenoxy) is 1. The molecule has 0 saturated heterocycles. The standard InChI is InChI=1S/C19H23BrClNO/c1-2-3-4-11-22-13-16-12-17(20)7-10-19(16)23-14-15-5-8-18(21)9-6-15/h5-10,12,22H,2-4,11,13-14H2,1H3. The second-order valence-electron chi connectivity index (χ2n) is 5.55. The first-order chi connectivity index (χ1) is 11.2. The molecule has 124 valence electrons. The zero-order valence-corrected chi connectivity index (χ0v) is 15.8. The molecule has 2 aromatic rings. The highest BCUT2D eigenvalue weighted by atomic mass is 79.9. The molecular formula is C19H23BrClNO. The molecule has 0 saturated carbocycles. The maximum absolute atomic E-state index is 5.99. The van der Waals surface area contributed by atoms with Crippen LogP contribution in [0.15, 0.2) is 46.9 Å². The Morgan fingerprint density at radius 3 is 2.61 bits per heavy atom. The van der Waals surface area contributed by atoms with Gasteiger partial charge in [-0.1, -0.05) is 59.4 Å². The molecule has 1 N–H and O–H groups in total. The Hall–Kier alpha value is -1.03. The monoisotopic (exact) mass is 395 g/mol. The zero-order valence-electron chi connectivity index (χ0n) is 13.4. The molecule has 0 amide bonds. The van der Waals surface area contributed by atoms with Gasteiger partial charge in [-0.15, -0.1) is 0 Å². The van der Waals surface area contributed by atoms with Crippen molar-refractivity contribution in [3.8, 4) is 5.75 Å². The minimum absolute atomic E-state index is 0.543. The average Bonchev–Trinajstić information content (AvgIpc) is 2.55. The summed E-state index contributed by atoms with van der Waals surface area (Å²) in [6, 6.07) is 13.9. The molecule has 0 unspecified atom stereocenters. The molecule has 0 heterocycles. The lowest BCUT2D eigenvalue weighted by Crippen LogP contribution is -2.15. The van der Waals surface area contributed by atoms with Crippen molar-refractivity contribution in [2.24, 2.45) is 0 Å². The number of hydrogen-bond acceptors (Lipinski definition) is 2. The first-order valence-electron chi connectivity index (χ1n) is 8.05. The van der Waals surface area contributed by atoms with Crippen LogP contribution < -0.4 is 10.1 Å². The van der Waals surface area contributed by atoms with E-state index in [9.17, 15) is 0 Å². The predicted molar refractivity (Wildman–Crippen MR) is 101 cm³/mol. The van der Waals surface area contributed by atoms with E-state index in [1.54, 1.807) is 0 Å². The number of rotatable bonds is 9. The summed E-state index contributed by atoms with van der Waals surface area (Å²) in [6.45, 7) is 4.62. The molecule has 0 aliphatic heterocycles. The topological polar surface area (TPSA) is 21.3 Å². The summed E-state index contributed by atoms with van der Waals surface area (Å²) in [7, 11) is 0. The van der Waals surface area contributed by atoms with E-state index in [4.69, 9.17) is 16.3 Å². The van der Waals surface area contributed by atoms with Gasteiger partial charge in [0.1, 0.15) is 12.4 Å². The second-order valence-corrected chi connectivity index (χ2v) is 6.90. The first kappa shape index (κ1) is 18.3. The minimum Gasteiger partial charge on any atom is -0.489 e. The van der Waals surface area contributed by atoms with Crippen LogP contribution in [-0.4, -0.2) is 6.54 Å². The van der Waals surface area contributed by atoms with Crippen molar-refractivity contribution in [1.29, 1.82) is 0 Å². The summed E-state index contributed by atoms with van der Waals surface area (Å²) in [5, 5.41) is 4.24. The molecule has 0 radical (unpaired) electrons. The molecule has 0 aliphatic rings. The van der Waals surface area contributed by atoms with Crippen molar-refractivity contribution in [3.63, 3.8) is 0 Å². The normalized spacial score (nSPS) is 10.7. The van der Waals surface area contributed by atoms with Gasteiger partial charge in [0, 0.05) is 21.6 Å². The quantitative estimate of drug-likeness (QED) is 0.528. The Morgan fingerprint density at radius 1 is 1.09 bits per heavy atom. The van der Waals surface area contributed by atoms with Gasteiger partial charge in [0.25, 0.3) is 0 Å². The smallest absolute Gasteiger partial charge is 0.124 e. The van der Waals surface area contributed by atoms with Crippen LogP contribution in [0.25, 0.3) is 0 Å². The van der Waals surface area contributed by atoms with Gasteiger partial charge >= 0.3 is 0 Å². The Morgan fingerprint density at radius 2 is 1.87 bits per heavy atom. The fourth-order valence-electron chi connectivity index (χ4n) is 2.29. The van der Waals surface area contributed by atoms with Gasteiger partial charge in [0.2, 0.25) is 0 Å². The van der Waals surface area contributed by atoms with Gasteiger partial charge in [0.15, 0.2) is 0 Å². The second kappa shape index (κ2) is 9.96. The molecular weight excluding hydrogens is 374 g/mol. The van der Waals surface area contributed by atoms with Crippen molar-refractivity contribution in [2.45, 2.75) is 39.3 Å². The van der Waals surface area contributed by atoms with Crippen LogP contribution in [0, 0.1) is 0 Å². The van der Waals surface area contributed by atoms with E-state index in [0.29, 0.717) is 6.61 Å². The summed E-state index contributed by atoms with van der Waals surface area (Å²) in [5.74, 6) is 0.922. The van der Waals surface area contributed by atoms with Crippen molar-refractivity contribution >= 4 is 27.5 Å². The predicted octanol–water partition coefficient (Wildman–Crippen LogP) is 5.96. The Kier molecular flexibility index (Phi) is 7.93. The van der Waals surface area contributed by atoms with Gasteiger partial charge in [0.05, 0.1) is 0 Å². The third kappa shape index (κ3) is 6.54. The summed E-state index contributed by atoms with van der Waals surface area (Å²) in [4.78, 5) is 0. The van der Waals surface area contributed by atoms with Gasteiger partial charge in [-0.2, -0.15) is 0 Å². The van der Waals surface area contributed by atoms with Crippen LogP contribution in [0.1, 0.15) is 37.3 Å². The highest BCUT2D eigenvalue weighted by molar-refractivity contribution is 9.10. The van der Waals surface area contributed by atoms with E-state index < -0.39 is 0 Å². The van der Waals surface area contributed by atoms with Crippen LogP contribution in [0.3, 0.4) is 0 Å². The molecule has 0 aliphatic carbocycles. The molecule has 2 rings (SSSR count). The van der Waals surface area contributed by atoms with Crippen LogP contribution in [0.2, 0.25) is 5.02 Å². The molecule has 4 heteroatoms. The van der Waals surface area contributed by atoms with Crippen LogP contribution in [0.4, 0.5) is 0 Å². The Labute approximate surface area is 152 Å². The molecule has 0 aromatic heterocycles. The van der Waals surface area contributed by atoms with Crippen molar-refractivity contribution in [1.82, 2.24) is 5.32 Å². The lowest BCUT2D eigenvalue weighted by atomic mass is 10.2. The number of unbranched alkanes of at least 4 members (excludes halogenated alkanes) is 2. The van der Waals surface area contributed by atoms with Gasteiger partial charge in [-0.05, 0) is 48.9 Å². The molecule has 2 aromatic carbocycles. The van der Waals surface area contributed by atoms with E-state index in [1.807, 2.05) is 36.4 Å². The SMILES string of the molecule is CCCCCNCc1cc(Br)ccc1OCc1ccc(Cl)cc1. The molecule has 0 atom stereocenters. The summed E-state index contributed by atoms with van der Waals surface area (Å²) >= 11 is 9.45. The summed E-state index contributed by atoms with van der Waals surface area (Å²) in [6.07, 6.45) is 3.73. The lowest BCUT2D eigenvalue weighted by Gasteiger charge is -2.13. The minimum atomic E-state index is 0.543. The highest BCUT2D eigenvalue weighted by Crippen LogP contribution is 2.24. The average molecular weight is 397 g/mol. The summed E-state index contributed by atoms with van der Waals surface area (Å²) < 4.78 is 7.06. The maximum atomic E-state index is 5.99. The van der Waals surface area contributed by atoms with Crippen molar-refractivity contribution in [3.05, 3.63) is 63.1 Å². The fourth-order valence-corrected chi connectivity index (χ4v) is 2.83. The Bertz CT molecular complexity index is 601. The number of nitrogens with one attached hydrogen (secondary N) is 1. The largest absolute Gasteiger partial charge is 0.489 e. The maximum Gasteiger partial charge on any atom is 0.124 e. The van der Waals surface area contributed by atoms with E-state index >= 15 is 0 Å². The van der Waals surface area contributed by atoms with Crippen molar-refractivity contribution < 1.29 is 4.74 Å². The highest BCUT2D eigenvalue weighted by Gasteiger charge is 2.05. The molecule has 23 heavy (non-hydrogen) atoms. The van der Waals surface area contributed by atoms with E-state index in [-0.39, 0.29) is 0 Å². The Balaban J connectivity index is 1.93. The molecule has 0 bridgehead atoms. The molecule has 0 fully saturated rings. The number of halogens is 2. The fraction of sp³-hybridized carbons (Fsp3) is 0.368. The van der Waals surface area contributed by atoms with Crippen LogP contribution in [-0.2, 0) is 13.2 Å². The lowest BCUT2D eigenvalue weighted by molar-refractivity contribution is 0.302. The molecule has 2 nitrogen and oxygen atoms in total.